The molecule has 0 unspecified atom stereocenters. The van der Waals surface area contributed by atoms with Crippen LogP contribution in [0.2, 0.25) is 0 Å². The zero-order valence-corrected chi connectivity index (χ0v) is 10.3. The van der Waals surface area contributed by atoms with Crippen molar-refractivity contribution >= 4 is 17.9 Å². The van der Waals surface area contributed by atoms with Crippen LogP contribution in [-0.2, 0) is 9.59 Å². The molecular weight excluding hydrogens is 226 g/mol. The highest BCUT2D eigenvalue weighted by Gasteiger charge is 2.15. The molecule has 0 saturated heterocycles. The molecule has 17 heavy (non-hydrogen) atoms. The van der Waals surface area contributed by atoms with Crippen LogP contribution in [0, 0.1) is 0 Å². The van der Waals surface area contributed by atoms with E-state index in [0.717, 1.165) is 4.90 Å². The molecule has 0 saturated carbocycles. The summed E-state index contributed by atoms with van der Waals surface area (Å²) >= 11 is 0. The van der Waals surface area contributed by atoms with Gasteiger partial charge in [-0.2, -0.15) is 0 Å². The maximum Gasteiger partial charge on any atom is 0.323 e. The van der Waals surface area contributed by atoms with E-state index in [4.69, 9.17) is 5.11 Å². The molecule has 0 heterocycles. The van der Waals surface area contributed by atoms with Crippen LogP contribution in [0.25, 0.3) is 0 Å². The number of hydrogen-bond donors (Lipinski definition) is 3. The Morgan fingerprint density at radius 1 is 1.29 bits per heavy atom. The summed E-state index contributed by atoms with van der Waals surface area (Å²) in [5.41, 5.74) is 0. The lowest BCUT2D eigenvalue weighted by Crippen LogP contribution is -2.46. The van der Waals surface area contributed by atoms with Crippen LogP contribution in [0.15, 0.2) is 0 Å². The van der Waals surface area contributed by atoms with Gasteiger partial charge in [-0.1, -0.05) is 0 Å². The number of carboxylic acids is 1. The van der Waals surface area contributed by atoms with E-state index in [2.05, 4.69) is 10.6 Å². The van der Waals surface area contributed by atoms with Crippen molar-refractivity contribution in [3.05, 3.63) is 0 Å². The number of nitrogens with zero attached hydrogens (tertiary/aromatic N) is 1. The molecule has 0 spiro atoms. The quantitative estimate of drug-likeness (QED) is 0.594. The van der Waals surface area contributed by atoms with E-state index >= 15 is 0 Å². The minimum Gasteiger partial charge on any atom is -0.480 e. The molecule has 98 valence electrons. The summed E-state index contributed by atoms with van der Waals surface area (Å²) in [6, 6.07) is -0.561. The number of aliphatic carboxylic acids is 1. The number of carbonyl (C=O) groups is 3. The van der Waals surface area contributed by atoms with Crippen LogP contribution >= 0.6 is 0 Å². The number of likely N-dealkylation sites (N-methyl/N-ethyl adjacent to an activating group) is 1. The highest BCUT2D eigenvalue weighted by molar-refractivity contribution is 5.85. The summed E-state index contributed by atoms with van der Waals surface area (Å²) in [7, 11) is 0. The molecule has 7 heteroatoms. The Morgan fingerprint density at radius 2 is 1.88 bits per heavy atom. The minimum absolute atomic E-state index is 0.000648. The second-order valence-corrected chi connectivity index (χ2v) is 3.79. The van der Waals surface area contributed by atoms with E-state index in [1.165, 1.54) is 0 Å². The van der Waals surface area contributed by atoms with E-state index in [9.17, 15) is 14.4 Å². The number of urea groups is 1. The molecule has 0 fully saturated rings. The van der Waals surface area contributed by atoms with Crippen LogP contribution < -0.4 is 10.6 Å². The lowest BCUT2D eigenvalue weighted by molar-refractivity contribution is -0.137. The lowest BCUT2D eigenvalue weighted by atomic mass is 10.4. The number of rotatable bonds is 6. The topological polar surface area (TPSA) is 98.7 Å². The fourth-order valence-corrected chi connectivity index (χ4v) is 1.13. The monoisotopic (exact) mass is 245 g/mol. The van der Waals surface area contributed by atoms with Crippen molar-refractivity contribution in [2.24, 2.45) is 0 Å². The molecule has 0 rings (SSSR count). The Hall–Kier alpha value is -1.79. The zero-order chi connectivity index (χ0) is 13.4. The number of nitrogens with one attached hydrogen (secondary N) is 2. The molecule has 0 aliphatic carbocycles. The average Bonchev–Trinajstić information content (AvgIpc) is 2.21. The summed E-state index contributed by atoms with van der Waals surface area (Å²) < 4.78 is 0. The van der Waals surface area contributed by atoms with Gasteiger partial charge in [-0.15, -0.1) is 0 Å². The zero-order valence-electron chi connectivity index (χ0n) is 10.3. The smallest absolute Gasteiger partial charge is 0.323 e. The van der Waals surface area contributed by atoms with Gasteiger partial charge in [-0.25, -0.2) is 4.79 Å². The van der Waals surface area contributed by atoms with Gasteiger partial charge in [0.1, 0.15) is 6.54 Å². The first kappa shape index (κ1) is 15.2. The first-order chi connectivity index (χ1) is 7.86. The normalized spacial score (nSPS) is 9.88. The van der Waals surface area contributed by atoms with Gasteiger partial charge in [0.25, 0.3) is 0 Å². The van der Waals surface area contributed by atoms with Gasteiger partial charge in [0.05, 0.1) is 6.54 Å². The summed E-state index contributed by atoms with van der Waals surface area (Å²) in [6.45, 7) is 5.01. The van der Waals surface area contributed by atoms with E-state index in [1.807, 2.05) is 13.8 Å². The lowest BCUT2D eigenvalue weighted by Gasteiger charge is -2.19. The van der Waals surface area contributed by atoms with Crippen LogP contribution in [0.3, 0.4) is 0 Å². The highest BCUT2D eigenvalue weighted by atomic mass is 16.4. The SMILES string of the molecule is CCN(CC(=O)O)C(=O)NCC(=O)NC(C)C. The Bertz CT molecular complexity index is 291. The molecule has 3 N–H and O–H groups in total. The third kappa shape index (κ3) is 7.15. The van der Waals surface area contributed by atoms with Crippen molar-refractivity contribution in [2.75, 3.05) is 19.6 Å². The summed E-state index contributed by atoms with van der Waals surface area (Å²) in [5.74, 6) is -1.40. The van der Waals surface area contributed by atoms with Crippen molar-refractivity contribution in [1.29, 1.82) is 0 Å². The van der Waals surface area contributed by atoms with Crippen LogP contribution in [0.5, 0.6) is 0 Å². The van der Waals surface area contributed by atoms with Gasteiger partial charge in [0, 0.05) is 12.6 Å². The van der Waals surface area contributed by atoms with Crippen molar-refractivity contribution in [1.82, 2.24) is 15.5 Å². The Balaban J connectivity index is 4.06. The third-order valence-corrected chi connectivity index (χ3v) is 1.84. The molecule has 0 aliphatic heterocycles. The number of hydrogen-bond acceptors (Lipinski definition) is 3. The standard InChI is InChI=1S/C10H19N3O4/c1-4-13(6-9(15)16)10(17)11-5-8(14)12-7(2)3/h7H,4-6H2,1-3H3,(H,11,17)(H,12,14)(H,15,16). The van der Waals surface area contributed by atoms with Crippen molar-refractivity contribution in [2.45, 2.75) is 26.8 Å². The van der Waals surface area contributed by atoms with Gasteiger partial charge in [0.2, 0.25) is 5.91 Å². The molecule has 7 nitrogen and oxygen atoms in total. The fraction of sp³-hybridized carbons (Fsp3) is 0.700. The maximum atomic E-state index is 11.5. The first-order valence-corrected chi connectivity index (χ1v) is 5.40. The Kier molecular flexibility index (Phi) is 6.69. The second kappa shape index (κ2) is 7.48. The molecule has 0 radical (unpaired) electrons. The number of amides is 3. The number of carbonyl (C=O) groups excluding carboxylic acids is 2. The minimum atomic E-state index is -1.09. The fourth-order valence-electron chi connectivity index (χ4n) is 1.13. The van der Waals surface area contributed by atoms with E-state index in [0.29, 0.717) is 0 Å². The summed E-state index contributed by atoms with van der Waals surface area (Å²) in [4.78, 5) is 34.3. The van der Waals surface area contributed by atoms with Crippen LogP contribution in [0.1, 0.15) is 20.8 Å². The van der Waals surface area contributed by atoms with Crippen LogP contribution in [-0.4, -0.2) is 53.6 Å². The largest absolute Gasteiger partial charge is 0.480 e. The third-order valence-electron chi connectivity index (χ3n) is 1.84. The van der Waals surface area contributed by atoms with Gasteiger partial charge in [-0.3, -0.25) is 9.59 Å². The Labute approximate surface area is 100 Å². The van der Waals surface area contributed by atoms with E-state index in [1.54, 1.807) is 6.92 Å². The highest BCUT2D eigenvalue weighted by Crippen LogP contribution is 1.88. The van der Waals surface area contributed by atoms with Crippen molar-refractivity contribution in [3.8, 4) is 0 Å². The summed E-state index contributed by atoms with van der Waals surface area (Å²) in [5, 5.41) is 13.5. The molecule has 0 bridgehead atoms. The molecule has 3 amide bonds. The molecular formula is C10H19N3O4. The molecule has 0 atom stereocenters. The predicted molar refractivity (Wildman–Crippen MR) is 61.6 cm³/mol. The molecule has 0 aromatic heterocycles. The molecule has 0 aromatic rings. The van der Waals surface area contributed by atoms with Crippen molar-refractivity contribution in [3.63, 3.8) is 0 Å². The van der Waals surface area contributed by atoms with Gasteiger partial charge < -0.3 is 20.6 Å². The van der Waals surface area contributed by atoms with Gasteiger partial charge in [-0.05, 0) is 20.8 Å². The summed E-state index contributed by atoms with van der Waals surface area (Å²) in [6.07, 6.45) is 0. The molecule has 0 aromatic carbocycles. The van der Waals surface area contributed by atoms with E-state index in [-0.39, 0.29) is 31.6 Å². The second-order valence-electron chi connectivity index (χ2n) is 3.79. The van der Waals surface area contributed by atoms with Crippen LogP contribution in [0.4, 0.5) is 4.79 Å². The first-order valence-electron chi connectivity index (χ1n) is 5.40. The van der Waals surface area contributed by atoms with Gasteiger partial charge >= 0.3 is 12.0 Å². The Morgan fingerprint density at radius 3 is 2.29 bits per heavy atom. The van der Waals surface area contributed by atoms with E-state index < -0.39 is 12.0 Å². The number of carboxylic acid groups (broad SMARTS) is 1. The maximum absolute atomic E-state index is 11.5. The molecule has 0 aliphatic rings. The van der Waals surface area contributed by atoms with Crippen molar-refractivity contribution < 1.29 is 19.5 Å². The predicted octanol–water partition coefficient (Wildman–Crippen LogP) is -0.373. The van der Waals surface area contributed by atoms with Gasteiger partial charge in [0.15, 0.2) is 0 Å². The average molecular weight is 245 g/mol.